The van der Waals surface area contributed by atoms with Crippen molar-refractivity contribution in [1.82, 2.24) is 4.90 Å². The monoisotopic (exact) mass is 359 g/mol. The van der Waals surface area contributed by atoms with Gasteiger partial charge in [-0.05, 0) is 36.3 Å². The van der Waals surface area contributed by atoms with Crippen LogP contribution in [0.5, 0.6) is 0 Å². The summed E-state index contributed by atoms with van der Waals surface area (Å²) in [5, 5.41) is 9.71. The van der Waals surface area contributed by atoms with E-state index in [1.165, 1.54) is 4.90 Å². The van der Waals surface area contributed by atoms with Gasteiger partial charge in [0.1, 0.15) is 0 Å². The van der Waals surface area contributed by atoms with Gasteiger partial charge >= 0.3 is 5.97 Å². The highest BCUT2D eigenvalue weighted by atomic mass is 35.5. The molecule has 130 valence electrons. The van der Waals surface area contributed by atoms with Crippen molar-refractivity contribution in [2.24, 2.45) is 23.7 Å². The summed E-state index contributed by atoms with van der Waals surface area (Å²) in [7, 11) is 0. The van der Waals surface area contributed by atoms with Crippen molar-refractivity contribution in [1.29, 1.82) is 0 Å². The van der Waals surface area contributed by atoms with E-state index in [0.717, 1.165) is 12.8 Å². The molecule has 6 heteroatoms. The lowest BCUT2D eigenvalue weighted by Crippen LogP contribution is -2.38. The van der Waals surface area contributed by atoms with Crippen LogP contribution >= 0.6 is 11.6 Å². The second kappa shape index (κ2) is 5.99. The Balaban J connectivity index is 1.75. The topological polar surface area (TPSA) is 74.7 Å². The SMILES string of the molecule is O=C(O)CC(c1ccccc1Cl)N1C(=O)C2C3C=CC(CC3)C2C1=O. The van der Waals surface area contributed by atoms with Gasteiger partial charge in [0.05, 0.1) is 24.3 Å². The minimum absolute atomic E-state index is 0.0770. The maximum Gasteiger partial charge on any atom is 0.305 e. The number of carbonyl (C=O) groups excluding carboxylic acids is 2. The summed E-state index contributed by atoms with van der Waals surface area (Å²) >= 11 is 6.24. The average Bonchev–Trinajstić information content (AvgIpc) is 2.88. The van der Waals surface area contributed by atoms with Crippen LogP contribution in [0.15, 0.2) is 36.4 Å². The molecular formula is C19H18ClNO4. The van der Waals surface area contributed by atoms with Crippen molar-refractivity contribution in [2.45, 2.75) is 25.3 Å². The van der Waals surface area contributed by atoms with Crippen LogP contribution in [0.1, 0.15) is 30.9 Å². The smallest absolute Gasteiger partial charge is 0.305 e. The predicted molar refractivity (Wildman–Crippen MR) is 90.6 cm³/mol. The van der Waals surface area contributed by atoms with Crippen molar-refractivity contribution in [3.05, 3.63) is 47.0 Å². The molecule has 1 heterocycles. The molecule has 2 bridgehead atoms. The molecule has 0 spiro atoms. The first kappa shape index (κ1) is 16.3. The number of rotatable bonds is 4. The van der Waals surface area contributed by atoms with Gasteiger partial charge in [-0.25, -0.2) is 0 Å². The van der Waals surface area contributed by atoms with E-state index in [2.05, 4.69) is 0 Å². The fourth-order valence-electron chi connectivity index (χ4n) is 4.66. The average molecular weight is 360 g/mol. The van der Waals surface area contributed by atoms with Crippen LogP contribution in [0.3, 0.4) is 0 Å². The molecular weight excluding hydrogens is 342 g/mol. The number of fused-ring (bicyclic) bond motifs is 1. The van der Waals surface area contributed by atoms with Gasteiger partial charge < -0.3 is 5.11 Å². The minimum Gasteiger partial charge on any atom is -0.481 e. The van der Waals surface area contributed by atoms with Crippen LogP contribution in [0.4, 0.5) is 0 Å². The van der Waals surface area contributed by atoms with E-state index >= 15 is 0 Å². The second-order valence-corrected chi connectivity index (χ2v) is 7.43. The summed E-state index contributed by atoms with van der Waals surface area (Å²) in [6, 6.07) is 5.94. The minimum atomic E-state index is -1.07. The Morgan fingerprint density at radius 1 is 1.12 bits per heavy atom. The number of allylic oxidation sites excluding steroid dienone is 2. The molecule has 1 aliphatic heterocycles. The van der Waals surface area contributed by atoms with Crippen molar-refractivity contribution in [3.8, 4) is 0 Å². The van der Waals surface area contributed by atoms with E-state index in [1.54, 1.807) is 24.3 Å². The molecule has 1 saturated heterocycles. The fourth-order valence-corrected chi connectivity index (χ4v) is 4.92. The number of benzene rings is 1. The molecule has 4 aliphatic rings. The number of likely N-dealkylation sites (tertiary alicyclic amines) is 1. The number of carboxylic acids is 1. The van der Waals surface area contributed by atoms with Gasteiger partial charge in [-0.15, -0.1) is 0 Å². The normalized spacial score (nSPS) is 31.3. The number of imide groups is 1. The van der Waals surface area contributed by atoms with E-state index in [4.69, 9.17) is 11.6 Å². The van der Waals surface area contributed by atoms with Crippen LogP contribution in [-0.4, -0.2) is 27.8 Å². The number of nitrogens with zero attached hydrogens (tertiary/aromatic N) is 1. The van der Waals surface area contributed by atoms with E-state index < -0.39 is 12.0 Å². The van der Waals surface area contributed by atoms with E-state index in [1.807, 2.05) is 12.2 Å². The number of hydrogen-bond acceptors (Lipinski definition) is 3. The highest BCUT2D eigenvalue weighted by molar-refractivity contribution is 6.31. The summed E-state index contributed by atoms with van der Waals surface area (Å²) in [4.78, 5) is 38.8. The molecule has 5 atom stereocenters. The first-order chi connectivity index (χ1) is 12.0. The molecule has 1 aromatic rings. The third-order valence-electron chi connectivity index (χ3n) is 5.74. The molecule has 5 rings (SSSR count). The molecule has 5 nitrogen and oxygen atoms in total. The third-order valence-corrected chi connectivity index (χ3v) is 6.08. The Morgan fingerprint density at radius 3 is 2.16 bits per heavy atom. The van der Waals surface area contributed by atoms with Crippen molar-refractivity contribution < 1.29 is 19.5 Å². The zero-order valence-electron chi connectivity index (χ0n) is 13.5. The Morgan fingerprint density at radius 2 is 1.68 bits per heavy atom. The molecule has 2 fully saturated rings. The summed E-state index contributed by atoms with van der Waals surface area (Å²) in [6.45, 7) is 0. The molecule has 2 amide bonds. The number of carbonyl (C=O) groups is 3. The van der Waals surface area contributed by atoms with E-state index in [0.29, 0.717) is 10.6 Å². The zero-order valence-corrected chi connectivity index (χ0v) is 14.2. The maximum atomic E-state index is 13.1. The molecule has 1 N–H and O–H groups in total. The number of amides is 2. The molecule has 0 radical (unpaired) electrons. The number of halogens is 1. The van der Waals surface area contributed by atoms with Gasteiger partial charge in [0.2, 0.25) is 11.8 Å². The largest absolute Gasteiger partial charge is 0.481 e. The summed E-state index contributed by atoms with van der Waals surface area (Å²) in [6.07, 6.45) is 5.57. The van der Waals surface area contributed by atoms with Gasteiger partial charge in [-0.2, -0.15) is 0 Å². The first-order valence-electron chi connectivity index (χ1n) is 8.50. The Kier molecular flexibility index (Phi) is 3.91. The summed E-state index contributed by atoms with van der Waals surface area (Å²) in [5.74, 6) is -2.12. The van der Waals surface area contributed by atoms with Crippen LogP contribution in [0.2, 0.25) is 5.02 Å². The maximum absolute atomic E-state index is 13.1. The second-order valence-electron chi connectivity index (χ2n) is 7.02. The Hall–Kier alpha value is -2.14. The van der Waals surface area contributed by atoms with Crippen molar-refractivity contribution in [2.75, 3.05) is 0 Å². The molecule has 5 unspecified atom stereocenters. The quantitative estimate of drug-likeness (QED) is 0.662. The fraction of sp³-hybridized carbons (Fsp3) is 0.421. The zero-order chi connectivity index (χ0) is 17.7. The summed E-state index contributed by atoms with van der Waals surface area (Å²) < 4.78 is 0. The van der Waals surface area contributed by atoms with E-state index in [-0.39, 0.29) is 41.9 Å². The Bertz CT molecular complexity index is 757. The standard InChI is InChI=1S/C19H18ClNO4/c20-13-4-2-1-3-12(13)14(9-15(22)23)21-18(24)16-10-5-6-11(8-7-10)17(16)19(21)25/h1-6,10-11,14,16-17H,7-9H2,(H,22,23). The summed E-state index contributed by atoms with van der Waals surface area (Å²) in [5.41, 5.74) is 0.507. The van der Waals surface area contributed by atoms with Gasteiger partial charge in [0.15, 0.2) is 0 Å². The third kappa shape index (κ3) is 2.49. The van der Waals surface area contributed by atoms with Crippen molar-refractivity contribution >= 4 is 29.4 Å². The highest BCUT2D eigenvalue weighted by Crippen LogP contribution is 2.51. The molecule has 3 aliphatic carbocycles. The van der Waals surface area contributed by atoms with Gasteiger partial charge in [-0.1, -0.05) is 42.0 Å². The van der Waals surface area contributed by atoms with Gasteiger partial charge in [-0.3, -0.25) is 19.3 Å². The van der Waals surface area contributed by atoms with Crippen LogP contribution in [-0.2, 0) is 14.4 Å². The molecule has 1 aromatic carbocycles. The van der Waals surface area contributed by atoms with E-state index in [9.17, 15) is 19.5 Å². The van der Waals surface area contributed by atoms with Gasteiger partial charge in [0.25, 0.3) is 0 Å². The number of carboxylic acid groups (broad SMARTS) is 1. The predicted octanol–water partition coefficient (Wildman–Crippen LogP) is 3.05. The number of aliphatic carboxylic acids is 1. The Labute approximate surface area is 150 Å². The molecule has 25 heavy (non-hydrogen) atoms. The lowest BCUT2D eigenvalue weighted by molar-refractivity contribution is -0.145. The lowest BCUT2D eigenvalue weighted by atomic mass is 9.63. The lowest BCUT2D eigenvalue weighted by Gasteiger charge is -2.38. The van der Waals surface area contributed by atoms with Crippen molar-refractivity contribution in [3.63, 3.8) is 0 Å². The van der Waals surface area contributed by atoms with Crippen LogP contribution < -0.4 is 0 Å². The van der Waals surface area contributed by atoms with Crippen LogP contribution in [0.25, 0.3) is 0 Å². The number of hydrogen-bond donors (Lipinski definition) is 1. The molecule has 0 aromatic heterocycles. The first-order valence-corrected chi connectivity index (χ1v) is 8.88. The molecule has 1 saturated carbocycles. The highest BCUT2D eigenvalue weighted by Gasteiger charge is 2.58. The van der Waals surface area contributed by atoms with Gasteiger partial charge in [0, 0.05) is 5.02 Å². The van der Waals surface area contributed by atoms with Crippen LogP contribution in [0, 0.1) is 23.7 Å².